The number of carbonyl (C=O) groups is 1. The molecule has 0 aliphatic rings. The summed E-state index contributed by atoms with van der Waals surface area (Å²) in [6.45, 7) is 7.08. The highest BCUT2D eigenvalue weighted by Gasteiger charge is 2.12. The third-order valence-electron chi connectivity index (χ3n) is 3.50. The Balaban J connectivity index is 1.92. The Kier molecular flexibility index (Phi) is 6.65. The van der Waals surface area contributed by atoms with Crippen LogP contribution >= 0.6 is 11.8 Å². The highest BCUT2D eigenvalue weighted by atomic mass is 32.2. The van der Waals surface area contributed by atoms with Crippen LogP contribution in [-0.2, 0) is 17.8 Å². The molecule has 6 heteroatoms. The topological polar surface area (TPSA) is 59.8 Å². The summed E-state index contributed by atoms with van der Waals surface area (Å²) in [5.41, 5.74) is 1.96. The molecule has 2 aromatic rings. The van der Waals surface area contributed by atoms with E-state index in [1.54, 1.807) is 0 Å². The van der Waals surface area contributed by atoms with Gasteiger partial charge in [-0.1, -0.05) is 37.2 Å². The van der Waals surface area contributed by atoms with E-state index in [1.807, 2.05) is 31.2 Å². The third kappa shape index (κ3) is 5.10. The third-order valence-corrected chi connectivity index (χ3v) is 4.46. The second-order valence-corrected chi connectivity index (χ2v) is 6.40. The predicted octanol–water partition coefficient (Wildman–Crippen LogP) is 3.68. The van der Waals surface area contributed by atoms with E-state index in [-0.39, 0.29) is 5.91 Å². The molecule has 23 heavy (non-hydrogen) atoms. The molecule has 0 aliphatic heterocycles. The summed E-state index contributed by atoms with van der Waals surface area (Å²) >= 11 is 1.43. The summed E-state index contributed by atoms with van der Waals surface area (Å²) in [7, 11) is 0. The highest BCUT2D eigenvalue weighted by molar-refractivity contribution is 7.99. The van der Waals surface area contributed by atoms with Gasteiger partial charge < -0.3 is 9.88 Å². The van der Waals surface area contributed by atoms with Gasteiger partial charge in [-0.2, -0.15) is 0 Å². The van der Waals surface area contributed by atoms with Crippen molar-refractivity contribution in [3.05, 3.63) is 35.7 Å². The zero-order valence-electron chi connectivity index (χ0n) is 14.0. The van der Waals surface area contributed by atoms with Crippen molar-refractivity contribution >= 4 is 23.4 Å². The van der Waals surface area contributed by atoms with Gasteiger partial charge in [0.25, 0.3) is 0 Å². The van der Waals surface area contributed by atoms with E-state index in [0.717, 1.165) is 48.0 Å². The zero-order chi connectivity index (χ0) is 16.7. The van der Waals surface area contributed by atoms with Gasteiger partial charge in [0.05, 0.1) is 5.75 Å². The van der Waals surface area contributed by atoms with Crippen molar-refractivity contribution in [2.24, 2.45) is 0 Å². The SMILES string of the molecule is CCCCc1nnc(SCC(=O)Nc2cccc(C)c2)n1CC. The molecule has 0 atom stereocenters. The van der Waals surface area contributed by atoms with Gasteiger partial charge in [0.1, 0.15) is 5.82 Å². The second-order valence-electron chi connectivity index (χ2n) is 5.45. The monoisotopic (exact) mass is 332 g/mol. The Labute approximate surface area is 141 Å². The number of rotatable bonds is 8. The minimum Gasteiger partial charge on any atom is -0.325 e. The molecule has 1 heterocycles. The lowest BCUT2D eigenvalue weighted by molar-refractivity contribution is -0.113. The molecule has 1 aromatic carbocycles. The van der Waals surface area contributed by atoms with Crippen LogP contribution in [0.25, 0.3) is 0 Å². The van der Waals surface area contributed by atoms with Crippen LogP contribution in [-0.4, -0.2) is 26.4 Å². The van der Waals surface area contributed by atoms with Gasteiger partial charge in [-0.25, -0.2) is 0 Å². The number of nitrogens with zero attached hydrogens (tertiary/aromatic N) is 3. The molecule has 0 fully saturated rings. The van der Waals surface area contributed by atoms with Crippen molar-refractivity contribution in [2.75, 3.05) is 11.1 Å². The maximum absolute atomic E-state index is 12.1. The summed E-state index contributed by atoms with van der Waals surface area (Å²) in [4.78, 5) is 12.1. The van der Waals surface area contributed by atoms with Gasteiger partial charge in [-0.3, -0.25) is 4.79 Å². The molecule has 0 aliphatic carbocycles. The molecule has 0 saturated carbocycles. The molecular weight excluding hydrogens is 308 g/mol. The number of carbonyl (C=O) groups excluding carboxylic acids is 1. The number of hydrogen-bond acceptors (Lipinski definition) is 4. The van der Waals surface area contributed by atoms with E-state index in [0.29, 0.717) is 5.75 Å². The lowest BCUT2D eigenvalue weighted by atomic mass is 10.2. The maximum atomic E-state index is 12.1. The maximum Gasteiger partial charge on any atom is 0.234 e. The summed E-state index contributed by atoms with van der Waals surface area (Å²) in [6.07, 6.45) is 3.18. The molecule has 0 spiro atoms. The number of unbranched alkanes of at least 4 members (excludes halogenated alkanes) is 1. The Bertz CT molecular complexity index is 654. The quantitative estimate of drug-likeness (QED) is 0.749. The van der Waals surface area contributed by atoms with Crippen LogP contribution < -0.4 is 5.32 Å². The Morgan fingerprint density at radius 3 is 2.83 bits per heavy atom. The molecule has 5 nitrogen and oxygen atoms in total. The van der Waals surface area contributed by atoms with Crippen molar-refractivity contribution in [2.45, 2.75) is 51.7 Å². The van der Waals surface area contributed by atoms with E-state index in [2.05, 4.69) is 33.9 Å². The molecule has 2 rings (SSSR count). The minimum atomic E-state index is -0.0265. The normalized spacial score (nSPS) is 10.7. The number of amides is 1. The van der Waals surface area contributed by atoms with E-state index >= 15 is 0 Å². The Morgan fingerprint density at radius 2 is 2.13 bits per heavy atom. The molecule has 0 unspecified atom stereocenters. The number of aromatic nitrogens is 3. The summed E-state index contributed by atoms with van der Waals surface area (Å²) in [5.74, 6) is 1.32. The number of anilines is 1. The van der Waals surface area contributed by atoms with Crippen LogP contribution in [0.4, 0.5) is 5.69 Å². The predicted molar refractivity (Wildman–Crippen MR) is 94.8 cm³/mol. The van der Waals surface area contributed by atoms with Crippen molar-refractivity contribution in [3.63, 3.8) is 0 Å². The standard InChI is InChI=1S/C17H24N4OS/c1-4-6-10-15-19-20-17(21(15)5-2)23-12-16(22)18-14-9-7-8-13(3)11-14/h7-9,11H,4-6,10,12H2,1-3H3,(H,18,22). The number of aryl methyl sites for hydroxylation is 2. The number of nitrogens with one attached hydrogen (secondary N) is 1. The Hall–Kier alpha value is -1.82. The first kappa shape index (κ1) is 17.5. The first-order valence-corrected chi connectivity index (χ1v) is 9.04. The van der Waals surface area contributed by atoms with Gasteiger partial charge in [-0.15, -0.1) is 10.2 Å². The van der Waals surface area contributed by atoms with E-state index < -0.39 is 0 Å². The molecule has 0 saturated heterocycles. The summed E-state index contributed by atoms with van der Waals surface area (Å²) < 4.78 is 2.10. The van der Waals surface area contributed by atoms with E-state index in [4.69, 9.17) is 0 Å². The minimum absolute atomic E-state index is 0.0265. The smallest absolute Gasteiger partial charge is 0.234 e. The number of hydrogen-bond donors (Lipinski definition) is 1. The molecular formula is C17H24N4OS. The molecule has 124 valence electrons. The van der Waals surface area contributed by atoms with E-state index in [9.17, 15) is 4.79 Å². The molecule has 1 N–H and O–H groups in total. The molecule has 0 radical (unpaired) electrons. The first-order valence-electron chi connectivity index (χ1n) is 8.05. The molecule has 0 bridgehead atoms. The second kappa shape index (κ2) is 8.72. The summed E-state index contributed by atoms with van der Waals surface area (Å²) in [6, 6.07) is 7.80. The fourth-order valence-electron chi connectivity index (χ4n) is 2.31. The van der Waals surface area contributed by atoms with Crippen LogP contribution in [0.15, 0.2) is 29.4 Å². The fourth-order valence-corrected chi connectivity index (χ4v) is 3.13. The highest BCUT2D eigenvalue weighted by Crippen LogP contribution is 2.19. The fraction of sp³-hybridized carbons (Fsp3) is 0.471. The van der Waals surface area contributed by atoms with Gasteiger partial charge in [0, 0.05) is 18.7 Å². The lowest BCUT2D eigenvalue weighted by Crippen LogP contribution is -2.14. The van der Waals surface area contributed by atoms with Crippen LogP contribution in [0.3, 0.4) is 0 Å². The number of benzene rings is 1. The van der Waals surface area contributed by atoms with E-state index in [1.165, 1.54) is 11.8 Å². The molecule has 1 amide bonds. The van der Waals surface area contributed by atoms with Crippen LogP contribution in [0.5, 0.6) is 0 Å². The first-order chi connectivity index (χ1) is 11.1. The average Bonchev–Trinajstić information content (AvgIpc) is 2.92. The molecule has 1 aromatic heterocycles. The van der Waals surface area contributed by atoms with Crippen LogP contribution in [0.1, 0.15) is 38.1 Å². The van der Waals surface area contributed by atoms with Gasteiger partial charge in [-0.05, 0) is 38.0 Å². The average molecular weight is 332 g/mol. The largest absolute Gasteiger partial charge is 0.325 e. The Morgan fingerprint density at radius 1 is 1.30 bits per heavy atom. The van der Waals surface area contributed by atoms with Crippen molar-refractivity contribution in [1.29, 1.82) is 0 Å². The van der Waals surface area contributed by atoms with Crippen molar-refractivity contribution in [1.82, 2.24) is 14.8 Å². The van der Waals surface area contributed by atoms with Crippen molar-refractivity contribution < 1.29 is 4.79 Å². The summed E-state index contributed by atoms with van der Waals surface area (Å²) in [5, 5.41) is 12.2. The van der Waals surface area contributed by atoms with Gasteiger partial charge in [0.15, 0.2) is 5.16 Å². The zero-order valence-corrected chi connectivity index (χ0v) is 14.8. The van der Waals surface area contributed by atoms with Crippen LogP contribution in [0.2, 0.25) is 0 Å². The van der Waals surface area contributed by atoms with Gasteiger partial charge in [0.2, 0.25) is 5.91 Å². The number of thioether (sulfide) groups is 1. The van der Waals surface area contributed by atoms with Crippen molar-refractivity contribution in [3.8, 4) is 0 Å². The lowest BCUT2D eigenvalue weighted by Gasteiger charge is -2.08. The van der Waals surface area contributed by atoms with Gasteiger partial charge >= 0.3 is 0 Å². The van der Waals surface area contributed by atoms with Crippen LogP contribution in [0, 0.1) is 6.92 Å².